The Bertz CT molecular complexity index is 1120. The van der Waals surface area contributed by atoms with Gasteiger partial charge in [0.15, 0.2) is 0 Å². The van der Waals surface area contributed by atoms with Crippen LogP contribution in [0.3, 0.4) is 0 Å². The predicted octanol–water partition coefficient (Wildman–Crippen LogP) is 6.33. The van der Waals surface area contributed by atoms with Crippen LogP contribution in [-0.4, -0.2) is 23.4 Å². The minimum Gasteiger partial charge on any atom is -0.489 e. The fourth-order valence-electron chi connectivity index (χ4n) is 4.28. The van der Waals surface area contributed by atoms with Gasteiger partial charge in [-0.15, -0.1) is 0 Å². The van der Waals surface area contributed by atoms with Gasteiger partial charge in [-0.25, -0.2) is 0 Å². The van der Waals surface area contributed by atoms with E-state index in [1.807, 2.05) is 12.1 Å². The molecule has 0 unspecified atom stereocenters. The molecule has 0 spiro atoms. The maximum atomic E-state index is 11.0. The van der Waals surface area contributed by atoms with Gasteiger partial charge in [-0.2, -0.15) is 0 Å². The molecule has 0 radical (unpaired) electrons. The van der Waals surface area contributed by atoms with Crippen LogP contribution < -0.4 is 10.1 Å². The summed E-state index contributed by atoms with van der Waals surface area (Å²) in [5, 5.41) is 20.1. The minimum absolute atomic E-state index is 0.246. The number of rotatable bonds is 6. The number of aromatic nitrogens is 1. The lowest BCUT2D eigenvalue weighted by Crippen LogP contribution is -2.39. The van der Waals surface area contributed by atoms with Crippen molar-refractivity contribution in [3.63, 3.8) is 0 Å². The van der Waals surface area contributed by atoms with Crippen LogP contribution in [0.25, 0.3) is 11.3 Å². The molecule has 2 aromatic carbocycles. The van der Waals surface area contributed by atoms with E-state index in [0.717, 1.165) is 42.8 Å². The number of aliphatic hydroxyl groups is 1. The fraction of sp³-hybridized carbons (Fsp3) is 0.375. The summed E-state index contributed by atoms with van der Waals surface area (Å²) >= 11 is 19.4. The topological polar surface area (TPSA) is 67.5 Å². The van der Waals surface area contributed by atoms with Gasteiger partial charge < -0.3 is 19.7 Å². The average molecular weight is 494 g/mol. The second kappa shape index (κ2) is 8.88. The maximum absolute atomic E-state index is 11.0. The molecule has 2 N–H and O–H groups in total. The highest BCUT2D eigenvalue weighted by molar-refractivity contribution is 6.39. The third kappa shape index (κ3) is 4.25. The van der Waals surface area contributed by atoms with Crippen molar-refractivity contribution < 1.29 is 14.4 Å². The van der Waals surface area contributed by atoms with Crippen LogP contribution in [0.1, 0.15) is 48.5 Å². The summed E-state index contributed by atoms with van der Waals surface area (Å²) in [5.41, 5.74) is 1.92. The van der Waals surface area contributed by atoms with E-state index in [2.05, 4.69) is 10.5 Å². The van der Waals surface area contributed by atoms with E-state index in [9.17, 15) is 5.11 Å². The average Bonchev–Trinajstić information content (AvgIpc) is 3.53. The summed E-state index contributed by atoms with van der Waals surface area (Å²) in [5.74, 6) is 1.77. The molecule has 2 fully saturated rings. The first-order valence-corrected chi connectivity index (χ1v) is 11.9. The second-order valence-electron chi connectivity index (χ2n) is 8.46. The summed E-state index contributed by atoms with van der Waals surface area (Å²) in [4.78, 5) is 0. The van der Waals surface area contributed by atoms with Crippen LogP contribution in [0.15, 0.2) is 40.9 Å². The minimum atomic E-state index is -0.914. The van der Waals surface area contributed by atoms with E-state index in [-0.39, 0.29) is 6.61 Å². The molecule has 32 heavy (non-hydrogen) atoms. The molecule has 1 saturated carbocycles. The zero-order valence-electron chi connectivity index (χ0n) is 17.3. The first kappa shape index (κ1) is 22.1. The maximum Gasteiger partial charge on any atom is 0.147 e. The molecule has 1 saturated heterocycles. The number of nitrogens with one attached hydrogen (secondary N) is 1. The fourth-order valence-corrected chi connectivity index (χ4v) is 5.20. The van der Waals surface area contributed by atoms with E-state index in [1.54, 1.807) is 24.3 Å². The van der Waals surface area contributed by atoms with Crippen molar-refractivity contribution in [1.29, 1.82) is 0 Å². The van der Waals surface area contributed by atoms with Gasteiger partial charge in [0.25, 0.3) is 0 Å². The van der Waals surface area contributed by atoms with Crippen molar-refractivity contribution in [2.45, 2.75) is 43.8 Å². The van der Waals surface area contributed by atoms with Crippen molar-refractivity contribution in [2.75, 3.05) is 13.1 Å². The Labute approximate surface area is 201 Å². The lowest BCUT2D eigenvalue weighted by atomic mass is 9.85. The van der Waals surface area contributed by atoms with Gasteiger partial charge in [-0.1, -0.05) is 52.1 Å². The van der Waals surface area contributed by atoms with Crippen molar-refractivity contribution in [2.24, 2.45) is 0 Å². The first-order valence-electron chi connectivity index (χ1n) is 10.7. The van der Waals surface area contributed by atoms with Crippen molar-refractivity contribution in [3.05, 3.63) is 68.4 Å². The van der Waals surface area contributed by atoms with E-state index in [1.165, 1.54) is 0 Å². The van der Waals surface area contributed by atoms with Crippen LogP contribution in [0.5, 0.6) is 5.75 Å². The van der Waals surface area contributed by atoms with Gasteiger partial charge in [0.2, 0.25) is 0 Å². The molecular formula is C24H23Cl3N2O3. The van der Waals surface area contributed by atoms with Gasteiger partial charge in [0, 0.05) is 17.0 Å². The number of halogens is 3. The normalized spacial score (nSPS) is 18.0. The zero-order chi connectivity index (χ0) is 22.3. The number of nitrogens with zero attached hydrogens (tertiary/aromatic N) is 1. The number of ether oxygens (including phenoxy) is 1. The Morgan fingerprint density at radius 3 is 2.44 bits per heavy atom. The lowest BCUT2D eigenvalue weighted by Gasteiger charge is -2.33. The molecular weight excluding hydrogens is 471 g/mol. The van der Waals surface area contributed by atoms with Crippen molar-refractivity contribution in [3.8, 4) is 17.0 Å². The molecule has 8 heteroatoms. The molecule has 3 aromatic rings. The summed E-state index contributed by atoms with van der Waals surface area (Å²) in [7, 11) is 0. The largest absolute Gasteiger partial charge is 0.489 e. The highest BCUT2D eigenvalue weighted by atomic mass is 35.5. The molecule has 1 aromatic heterocycles. The summed E-state index contributed by atoms with van der Waals surface area (Å²) in [6.45, 7) is 1.77. The molecule has 2 aliphatic rings. The quantitative estimate of drug-likeness (QED) is 0.420. The number of benzene rings is 2. The van der Waals surface area contributed by atoms with E-state index >= 15 is 0 Å². The molecule has 1 aliphatic carbocycles. The summed E-state index contributed by atoms with van der Waals surface area (Å²) < 4.78 is 11.8. The van der Waals surface area contributed by atoms with Crippen LogP contribution >= 0.6 is 34.8 Å². The smallest absolute Gasteiger partial charge is 0.147 e. The van der Waals surface area contributed by atoms with Crippen molar-refractivity contribution in [1.82, 2.24) is 10.5 Å². The van der Waals surface area contributed by atoms with Gasteiger partial charge in [-0.05, 0) is 63.0 Å². The number of hydrogen-bond donors (Lipinski definition) is 2. The molecule has 2 heterocycles. The Morgan fingerprint density at radius 2 is 1.78 bits per heavy atom. The van der Waals surface area contributed by atoms with Gasteiger partial charge in [-0.3, -0.25) is 0 Å². The molecule has 0 amide bonds. The van der Waals surface area contributed by atoms with Crippen LogP contribution in [-0.2, 0) is 12.2 Å². The zero-order valence-corrected chi connectivity index (χ0v) is 19.6. The van der Waals surface area contributed by atoms with Gasteiger partial charge in [0.1, 0.15) is 23.8 Å². The van der Waals surface area contributed by atoms with Crippen LogP contribution in [0.2, 0.25) is 15.1 Å². The van der Waals surface area contributed by atoms with Crippen LogP contribution in [0.4, 0.5) is 0 Å². The number of hydrogen-bond acceptors (Lipinski definition) is 5. The molecule has 5 rings (SSSR count). The van der Waals surface area contributed by atoms with Gasteiger partial charge >= 0.3 is 0 Å². The highest BCUT2D eigenvalue weighted by Crippen LogP contribution is 2.46. The standard InChI is InChI=1S/C24H23Cl3N2O3/c25-18-2-1-3-19(26)21(18)22-16(23(32-29-22)14-4-5-14)13-31-15-6-7-17(20(27)12-15)24(30)8-10-28-11-9-24/h1-3,6-7,12,14,28,30H,4-5,8-11,13H2. The Balaban J connectivity index is 1.42. The highest BCUT2D eigenvalue weighted by Gasteiger charge is 2.35. The van der Waals surface area contributed by atoms with Crippen molar-refractivity contribution >= 4 is 34.8 Å². The predicted molar refractivity (Wildman–Crippen MR) is 126 cm³/mol. The lowest BCUT2D eigenvalue weighted by molar-refractivity contribution is 0.00600. The first-order chi connectivity index (χ1) is 15.5. The Kier molecular flexibility index (Phi) is 6.12. The third-order valence-electron chi connectivity index (χ3n) is 6.22. The Hall–Kier alpha value is -1.76. The Morgan fingerprint density at radius 1 is 1.06 bits per heavy atom. The van der Waals surface area contributed by atoms with Crippen LogP contribution in [0, 0.1) is 0 Å². The molecule has 0 bridgehead atoms. The second-order valence-corrected chi connectivity index (χ2v) is 9.68. The molecule has 1 aliphatic heterocycles. The number of piperidine rings is 1. The molecule has 5 nitrogen and oxygen atoms in total. The molecule has 168 valence electrons. The van der Waals surface area contributed by atoms with E-state index in [0.29, 0.717) is 50.8 Å². The SMILES string of the molecule is OC1(c2ccc(OCc3c(-c4c(Cl)cccc4Cl)noc3C3CC3)cc2Cl)CCNCC1. The third-order valence-corrected chi connectivity index (χ3v) is 7.16. The monoisotopic (exact) mass is 492 g/mol. The summed E-state index contributed by atoms with van der Waals surface area (Å²) in [6.07, 6.45) is 3.37. The van der Waals surface area contributed by atoms with E-state index < -0.39 is 5.60 Å². The van der Waals surface area contributed by atoms with Gasteiger partial charge in [0.05, 0.1) is 26.2 Å². The molecule has 0 atom stereocenters. The van der Waals surface area contributed by atoms with E-state index in [4.69, 9.17) is 44.1 Å². The summed E-state index contributed by atoms with van der Waals surface area (Å²) in [6, 6.07) is 10.8.